The van der Waals surface area contributed by atoms with Gasteiger partial charge in [-0.3, -0.25) is 9.59 Å². The highest BCUT2D eigenvalue weighted by Gasteiger charge is 2.22. The van der Waals surface area contributed by atoms with Gasteiger partial charge in [-0.1, -0.05) is 0 Å². The maximum Gasteiger partial charge on any atom is 0.303 e. The number of amides is 1. The largest absolute Gasteiger partial charge is 0.481 e. The number of methoxy groups -OCH3 is 1. The van der Waals surface area contributed by atoms with Gasteiger partial charge in [0.15, 0.2) is 0 Å². The Hall–Kier alpha value is -1.10. The maximum atomic E-state index is 11.6. The summed E-state index contributed by atoms with van der Waals surface area (Å²) in [6.07, 6.45) is 1.94. The van der Waals surface area contributed by atoms with E-state index in [1.165, 1.54) is 0 Å². The molecular formula is C11H19NO4. The monoisotopic (exact) mass is 229 g/mol. The molecular weight excluding hydrogens is 210 g/mol. The molecule has 5 heteroatoms. The van der Waals surface area contributed by atoms with Gasteiger partial charge in [0.1, 0.15) is 0 Å². The summed E-state index contributed by atoms with van der Waals surface area (Å²) in [4.78, 5) is 23.7. The molecule has 16 heavy (non-hydrogen) atoms. The van der Waals surface area contributed by atoms with Crippen LogP contribution in [0.1, 0.15) is 25.7 Å². The van der Waals surface area contributed by atoms with Crippen LogP contribution in [-0.2, 0) is 14.3 Å². The fourth-order valence-corrected chi connectivity index (χ4v) is 1.96. The number of carbonyl (C=O) groups excluding carboxylic acids is 1. The molecule has 0 saturated carbocycles. The lowest BCUT2D eigenvalue weighted by molar-refractivity contribution is -0.141. The lowest BCUT2D eigenvalue weighted by atomic mass is 9.97. The number of carbonyl (C=O) groups is 2. The molecule has 0 atom stereocenters. The number of nitrogens with zero attached hydrogens (tertiary/aromatic N) is 1. The van der Waals surface area contributed by atoms with E-state index < -0.39 is 5.97 Å². The highest BCUT2D eigenvalue weighted by molar-refractivity contribution is 5.80. The first-order valence-electron chi connectivity index (χ1n) is 5.62. The Morgan fingerprint density at radius 1 is 1.31 bits per heavy atom. The molecule has 1 heterocycles. The van der Waals surface area contributed by atoms with Crippen molar-refractivity contribution >= 4 is 11.9 Å². The molecule has 0 aromatic carbocycles. The number of hydrogen-bond donors (Lipinski definition) is 1. The van der Waals surface area contributed by atoms with E-state index in [0.717, 1.165) is 32.5 Å². The molecule has 0 aliphatic carbocycles. The van der Waals surface area contributed by atoms with Crippen LogP contribution in [0.3, 0.4) is 0 Å². The van der Waals surface area contributed by atoms with Gasteiger partial charge < -0.3 is 14.7 Å². The average molecular weight is 229 g/mol. The number of carboxylic acid groups (broad SMARTS) is 1. The molecule has 1 amide bonds. The van der Waals surface area contributed by atoms with Gasteiger partial charge >= 0.3 is 5.97 Å². The van der Waals surface area contributed by atoms with Crippen molar-refractivity contribution in [1.29, 1.82) is 0 Å². The Bertz CT molecular complexity index is 246. The summed E-state index contributed by atoms with van der Waals surface area (Å²) in [5.74, 6) is -0.422. The highest BCUT2D eigenvalue weighted by atomic mass is 16.5. The SMILES string of the molecule is COCC1CCN(C(=O)CCC(=O)O)CC1. The molecule has 0 spiro atoms. The van der Waals surface area contributed by atoms with Gasteiger partial charge in [0.25, 0.3) is 0 Å². The molecule has 1 rings (SSSR count). The Morgan fingerprint density at radius 2 is 1.94 bits per heavy atom. The van der Waals surface area contributed by atoms with Gasteiger partial charge in [0.2, 0.25) is 5.91 Å². The van der Waals surface area contributed by atoms with Crippen LogP contribution < -0.4 is 0 Å². The van der Waals surface area contributed by atoms with Gasteiger partial charge in [-0.15, -0.1) is 0 Å². The summed E-state index contributed by atoms with van der Waals surface area (Å²) in [5, 5.41) is 8.49. The Labute approximate surface area is 95.4 Å². The fraction of sp³-hybridized carbons (Fsp3) is 0.818. The van der Waals surface area contributed by atoms with Crippen LogP contribution in [0.2, 0.25) is 0 Å². The minimum Gasteiger partial charge on any atom is -0.481 e. The van der Waals surface area contributed by atoms with Crippen molar-refractivity contribution < 1.29 is 19.4 Å². The predicted molar refractivity (Wildman–Crippen MR) is 58.0 cm³/mol. The van der Waals surface area contributed by atoms with E-state index in [9.17, 15) is 9.59 Å². The Kier molecular flexibility index (Phi) is 5.25. The van der Waals surface area contributed by atoms with Crippen LogP contribution in [-0.4, -0.2) is 48.7 Å². The molecule has 1 fully saturated rings. The minimum absolute atomic E-state index is 0.0433. The van der Waals surface area contributed by atoms with Crippen molar-refractivity contribution in [3.05, 3.63) is 0 Å². The van der Waals surface area contributed by atoms with Crippen LogP contribution in [0.4, 0.5) is 0 Å². The van der Waals surface area contributed by atoms with Crippen molar-refractivity contribution in [2.45, 2.75) is 25.7 Å². The topological polar surface area (TPSA) is 66.8 Å². The van der Waals surface area contributed by atoms with E-state index in [4.69, 9.17) is 9.84 Å². The third kappa shape index (κ3) is 4.18. The summed E-state index contributed by atoms with van der Waals surface area (Å²) in [6, 6.07) is 0. The number of rotatable bonds is 5. The van der Waals surface area contributed by atoms with Crippen molar-refractivity contribution in [3.8, 4) is 0 Å². The van der Waals surface area contributed by atoms with Crippen molar-refractivity contribution in [1.82, 2.24) is 4.90 Å². The second-order valence-electron chi connectivity index (χ2n) is 4.17. The number of ether oxygens (including phenoxy) is 1. The van der Waals surface area contributed by atoms with E-state index in [2.05, 4.69) is 0 Å². The fourth-order valence-electron chi connectivity index (χ4n) is 1.96. The molecule has 1 aliphatic rings. The van der Waals surface area contributed by atoms with Crippen LogP contribution >= 0.6 is 0 Å². The van der Waals surface area contributed by atoms with Crippen LogP contribution in [0.25, 0.3) is 0 Å². The molecule has 0 bridgehead atoms. The van der Waals surface area contributed by atoms with E-state index >= 15 is 0 Å². The van der Waals surface area contributed by atoms with Crippen LogP contribution in [0, 0.1) is 5.92 Å². The van der Waals surface area contributed by atoms with Crippen molar-refractivity contribution in [2.24, 2.45) is 5.92 Å². The molecule has 1 N–H and O–H groups in total. The van der Waals surface area contributed by atoms with E-state index in [1.807, 2.05) is 0 Å². The normalized spacial score (nSPS) is 17.4. The number of piperidine rings is 1. The Balaban J connectivity index is 2.24. The molecule has 0 aromatic heterocycles. The van der Waals surface area contributed by atoms with Crippen molar-refractivity contribution in [2.75, 3.05) is 26.8 Å². The lowest BCUT2D eigenvalue weighted by Crippen LogP contribution is -2.39. The summed E-state index contributed by atoms with van der Waals surface area (Å²) in [7, 11) is 1.68. The number of likely N-dealkylation sites (tertiary alicyclic amines) is 1. The molecule has 1 aliphatic heterocycles. The summed E-state index contributed by atoms with van der Waals surface area (Å²) in [5.41, 5.74) is 0. The van der Waals surface area contributed by atoms with Gasteiger partial charge in [-0.2, -0.15) is 0 Å². The average Bonchev–Trinajstić information content (AvgIpc) is 2.27. The molecule has 0 unspecified atom stereocenters. The summed E-state index contributed by atoms with van der Waals surface area (Å²) >= 11 is 0. The molecule has 1 saturated heterocycles. The van der Waals surface area contributed by atoms with Gasteiger partial charge in [-0.25, -0.2) is 0 Å². The van der Waals surface area contributed by atoms with E-state index in [-0.39, 0.29) is 18.7 Å². The highest BCUT2D eigenvalue weighted by Crippen LogP contribution is 2.18. The van der Waals surface area contributed by atoms with E-state index in [0.29, 0.717) is 5.92 Å². The zero-order valence-electron chi connectivity index (χ0n) is 9.65. The summed E-state index contributed by atoms with van der Waals surface area (Å²) < 4.78 is 5.07. The summed E-state index contributed by atoms with van der Waals surface area (Å²) in [6.45, 7) is 2.20. The van der Waals surface area contributed by atoms with Gasteiger partial charge in [0.05, 0.1) is 6.42 Å². The first-order valence-corrected chi connectivity index (χ1v) is 5.62. The number of aliphatic carboxylic acids is 1. The number of hydrogen-bond acceptors (Lipinski definition) is 3. The second kappa shape index (κ2) is 6.48. The number of carboxylic acids is 1. The molecule has 5 nitrogen and oxygen atoms in total. The zero-order valence-corrected chi connectivity index (χ0v) is 9.65. The minimum atomic E-state index is -0.914. The molecule has 0 radical (unpaired) electrons. The van der Waals surface area contributed by atoms with E-state index in [1.54, 1.807) is 12.0 Å². The van der Waals surface area contributed by atoms with Crippen molar-refractivity contribution in [3.63, 3.8) is 0 Å². The maximum absolute atomic E-state index is 11.6. The van der Waals surface area contributed by atoms with Crippen LogP contribution in [0.15, 0.2) is 0 Å². The second-order valence-corrected chi connectivity index (χ2v) is 4.17. The predicted octanol–water partition coefficient (Wildman–Crippen LogP) is 0.736. The third-order valence-electron chi connectivity index (χ3n) is 2.92. The molecule has 0 aromatic rings. The van der Waals surface area contributed by atoms with Gasteiger partial charge in [0, 0.05) is 33.2 Å². The zero-order chi connectivity index (χ0) is 12.0. The standard InChI is InChI=1S/C11H19NO4/c1-16-8-9-4-6-12(7-5-9)10(13)2-3-11(14)15/h9H,2-8H2,1H3,(H,14,15). The molecule has 92 valence electrons. The smallest absolute Gasteiger partial charge is 0.303 e. The third-order valence-corrected chi connectivity index (χ3v) is 2.92. The van der Waals surface area contributed by atoms with Crippen LogP contribution in [0.5, 0.6) is 0 Å². The van der Waals surface area contributed by atoms with Gasteiger partial charge in [-0.05, 0) is 18.8 Å². The Morgan fingerprint density at radius 3 is 2.44 bits per heavy atom. The lowest BCUT2D eigenvalue weighted by Gasteiger charge is -2.31. The first-order chi connectivity index (χ1) is 7.63. The quantitative estimate of drug-likeness (QED) is 0.755. The first kappa shape index (κ1) is 13.0.